The number of H-pyrrole nitrogens is 1. The third-order valence-corrected chi connectivity index (χ3v) is 5.93. The fraction of sp³-hybridized carbons (Fsp3) is 0.125. The van der Waals surface area contributed by atoms with Crippen LogP contribution >= 0.6 is 11.8 Å². The van der Waals surface area contributed by atoms with Crippen molar-refractivity contribution in [3.05, 3.63) is 78.1 Å². The summed E-state index contributed by atoms with van der Waals surface area (Å²) >= 11 is 1.28. The second kappa shape index (κ2) is 9.14. The van der Waals surface area contributed by atoms with E-state index in [1.165, 1.54) is 17.8 Å². The molecule has 0 aliphatic rings. The number of para-hydroxylation sites is 1. The normalized spacial score (nSPS) is 10.8. The lowest BCUT2D eigenvalue weighted by atomic mass is 10.1. The van der Waals surface area contributed by atoms with Crippen LogP contribution in [0.1, 0.15) is 5.56 Å². The molecule has 158 valence electrons. The molecule has 1 amide bonds. The van der Waals surface area contributed by atoms with E-state index < -0.39 is 0 Å². The van der Waals surface area contributed by atoms with Gasteiger partial charge in [0.25, 0.3) is 0 Å². The van der Waals surface area contributed by atoms with E-state index in [1.54, 1.807) is 50.6 Å². The summed E-state index contributed by atoms with van der Waals surface area (Å²) in [6, 6.07) is 19.5. The Labute approximate surface area is 183 Å². The molecule has 0 atom stereocenters. The average molecular weight is 437 g/mol. The van der Waals surface area contributed by atoms with Crippen LogP contribution in [-0.4, -0.2) is 25.1 Å². The Morgan fingerprint density at radius 3 is 2.52 bits per heavy atom. The summed E-state index contributed by atoms with van der Waals surface area (Å²) in [5.41, 5.74) is 2.32. The van der Waals surface area contributed by atoms with Gasteiger partial charge in [0.15, 0.2) is 11.5 Å². The molecule has 0 saturated carbocycles. The summed E-state index contributed by atoms with van der Waals surface area (Å²) in [4.78, 5) is 16.7. The first-order chi connectivity index (χ1) is 15.1. The van der Waals surface area contributed by atoms with Crippen LogP contribution in [0.4, 0.5) is 10.1 Å². The van der Waals surface area contributed by atoms with Crippen molar-refractivity contribution in [3.8, 4) is 11.5 Å². The fourth-order valence-electron chi connectivity index (χ4n) is 3.36. The first-order valence-electron chi connectivity index (χ1n) is 9.63. The number of amides is 1. The van der Waals surface area contributed by atoms with E-state index in [9.17, 15) is 9.18 Å². The highest BCUT2D eigenvalue weighted by Gasteiger charge is 2.17. The summed E-state index contributed by atoms with van der Waals surface area (Å²) in [6.07, 6.45) is 0.134. The van der Waals surface area contributed by atoms with Gasteiger partial charge in [0.05, 0.1) is 25.7 Å². The van der Waals surface area contributed by atoms with Gasteiger partial charge < -0.3 is 19.8 Å². The number of aromatic nitrogens is 1. The number of aromatic amines is 1. The van der Waals surface area contributed by atoms with Gasteiger partial charge in [0.2, 0.25) is 5.91 Å². The number of carbonyl (C=O) groups is 1. The van der Waals surface area contributed by atoms with Crippen LogP contribution in [0.25, 0.3) is 10.9 Å². The number of benzene rings is 3. The van der Waals surface area contributed by atoms with Gasteiger partial charge in [-0.25, -0.2) is 4.39 Å². The minimum Gasteiger partial charge on any atom is -0.493 e. The Kier molecular flexibility index (Phi) is 6.13. The number of hydrogen-bond acceptors (Lipinski definition) is 4. The molecule has 0 spiro atoms. The number of methoxy groups -OCH3 is 2. The SMILES string of the molecule is COc1ccc(NC(=O)Cc2c(Sc3ccccc3F)[nH]c3ccccc23)cc1OC. The molecule has 0 bridgehead atoms. The highest BCUT2D eigenvalue weighted by atomic mass is 32.2. The lowest BCUT2D eigenvalue weighted by Gasteiger charge is -2.11. The molecular formula is C24H21FN2O3S. The number of rotatable bonds is 7. The molecule has 0 radical (unpaired) electrons. The summed E-state index contributed by atoms with van der Waals surface area (Å²) in [6.45, 7) is 0. The number of fused-ring (bicyclic) bond motifs is 1. The Bertz CT molecular complexity index is 1240. The predicted molar refractivity (Wildman–Crippen MR) is 121 cm³/mol. The standard InChI is InChI=1S/C24H21FN2O3S/c1-29-20-12-11-15(13-21(20)30-2)26-23(28)14-17-16-7-3-5-9-19(16)27-24(17)31-22-10-6-4-8-18(22)25/h3-13,27H,14H2,1-2H3,(H,26,28). The second-order valence-electron chi connectivity index (χ2n) is 6.81. The van der Waals surface area contributed by atoms with E-state index in [-0.39, 0.29) is 18.1 Å². The largest absolute Gasteiger partial charge is 0.493 e. The van der Waals surface area contributed by atoms with Crippen LogP contribution in [0.15, 0.2) is 76.7 Å². The molecular weight excluding hydrogens is 415 g/mol. The molecule has 5 nitrogen and oxygen atoms in total. The number of ether oxygens (including phenoxy) is 2. The van der Waals surface area contributed by atoms with Gasteiger partial charge in [-0.2, -0.15) is 0 Å². The Morgan fingerprint density at radius 2 is 1.74 bits per heavy atom. The zero-order valence-electron chi connectivity index (χ0n) is 17.1. The maximum absolute atomic E-state index is 14.2. The quantitative estimate of drug-likeness (QED) is 0.393. The first-order valence-corrected chi connectivity index (χ1v) is 10.4. The van der Waals surface area contributed by atoms with Crippen molar-refractivity contribution >= 4 is 34.3 Å². The van der Waals surface area contributed by atoms with Crippen molar-refractivity contribution < 1.29 is 18.7 Å². The molecule has 0 unspecified atom stereocenters. The van der Waals surface area contributed by atoms with Gasteiger partial charge in [0.1, 0.15) is 5.82 Å². The molecule has 2 N–H and O–H groups in total. The maximum Gasteiger partial charge on any atom is 0.228 e. The van der Waals surface area contributed by atoms with Gasteiger partial charge in [-0.15, -0.1) is 0 Å². The van der Waals surface area contributed by atoms with E-state index in [0.29, 0.717) is 22.1 Å². The molecule has 31 heavy (non-hydrogen) atoms. The van der Waals surface area contributed by atoms with E-state index in [2.05, 4.69) is 10.3 Å². The van der Waals surface area contributed by atoms with E-state index in [0.717, 1.165) is 21.5 Å². The Hall–Kier alpha value is -3.45. The maximum atomic E-state index is 14.2. The van der Waals surface area contributed by atoms with Crippen LogP contribution in [-0.2, 0) is 11.2 Å². The van der Waals surface area contributed by atoms with E-state index >= 15 is 0 Å². The predicted octanol–water partition coefficient (Wildman–Crippen LogP) is 5.66. The molecule has 1 heterocycles. The lowest BCUT2D eigenvalue weighted by Crippen LogP contribution is -2.14. The van der Waals surface area contributed by atoms with Crippen molar-refractivity contribution in [2.45, 2.75) is 16.3 Å². The molecule has 0 saturated heterocycles. The summed E-state index contributed by atoms with van der Waals surface area (Å²) in [7, 11) is 3.10. The van der Waals surface area contributed by atoms with Crippen LogP contribution in [0, 0.1) is 5.82 Å². The molecule has 0 aliphatic carbocycles. The van der Waals surface area contributed by atoms with Gasteiger partial charge in [-0.3, -0.25) is 4.79 Å². The van der Waals surface area contributed by atoms with Crippen LogP contribution in [0.2, 0.25) is 0 Å². The molecule has 0 fully saturated rings. The zero-order valence-corrected chi connectivity index (χ0v) is 17.9. The number of nitrogens with one attached hydrogen (secondary N) is 2. The molecule has 7 heteroatoms. The molecule has 4 aromatic rings. The lowest BCUT2D eigenvalue weighted by molar-refractivity contribution is -0.115. The number of hydrogen-bond donors (Lipinski definition) is 2. The first kappa shape index (κ1) is 20.8. The number of halogens is 1. The van der Waals surface area contributed by atoms with Gasteiger partial charge in [-0.1, -0.05) is 42.1 Å². The van der Waals surface area contributed by atoms with Crippen molar-refractivity contribution in [1.82, 2.24) is 4.98 Å². The van der Waals surface area contributed by atoms with Crippen molar-refractivity contribution in [1.29, 1.82) is 0 Å². The second-order valence-corrected chi connectivity index (χ2v) is 7.86. The molecule has 0 aliphatic heterocycles. The zero-order chi connectivity index (χ0) is 21.8. The highest BCUT2D eigenvalue weighted by Crippen LogP contribution is 2.36. The topological polar surface area (TPSA) is 63.3 Å². The third kappa shape index (κ3) is 4.51. The fourth-order valence-corrected chi connectivity index (χ4v) is 4.35. The third-order valence-electron chi connectivity index (χ3n) is 4.83. The molecule has 1 aromatic heterocycles. The molecule has 3 aromatic carbocycles. The summed E-state index contributed by atoms with van der Waals surface area (Å²) in [5, 5.41) is 4.58. The van der Waals surface area contributed by atoms with Crippen molar-refractivity contribution in [3.63, 3.8) is 0 Å². The molecule has 4 rings (SSSR count). The summed E-state index contributed by atoms with van der Waals surface area (Å²) < 4.78 is 24.7. The van der Waals surface area contributed by atoms with Crippen LogP contribution in [0.5, 0.6) is 11.5 Å². The summed E-state index contributed by atoms with van der Waals surface area (Å²) in [5.74, 6) is 0.628. The van der Waals surface area contributed by atoms with Gasteiger partial charge in [-0.05, 0) is 30.3 Å². The minimum absolute atomic E-state index is 0.134. The monoisotopic (exact) mass is 436 g/mol. The number of carbonyl (C=O) groups excluding carboxylic acids is 1. The van der Waals surface area contributed by atoms with Gasteiger partial charge >= 0.3 is 0 Å². The van der Waals surface area contributed by atoms with Crippen LogP contribution < -0.4 is 14.8 Å². The van der Waals surface area contributed by atoms with Crippen molar-refractivity contribution in [2.24, 2.45) is 0 Å². The average Bonchev–Trinajstić information content (AvgIpc) is 3.12. The minimum atomic E-state index is -0.299. The van der Waals surface area contributed by atoms with Gasteiger partial charge in [0, 0.05) is 33.1 Å². The van der Waals surface area contributed by atoms with Crippen molar-refractivity contribution in [2.75, 3.05) is 19.5 Å². The van der Waals surface area contributed by atoms with E-state index in [4.69, 9.17) is 9.47 Å². The van der Waals surface area contributed by atoms with E-state index in [1.807, 2.05) is 24.3 Å². The van der Waals surface area contributed by atoms with Crippen LogP contribution in [0.3, 0.4) is 0 Å². The number of anilines is 1. The smallest absolute Gasteiger partial charge is 0.228 e. The Morgan fingerprint density at radius 1 is 1.00 bits per heavy atom. The Balaban J connectivity index is 1.61. The highest BCUT2D eigenvalue weighted by molar-refractivity contribution is 7.99.